The summed E-state index contributed by atoms with van der Waals surface area (Å²) in [6.45, 7) is 5.21. The number of benzene rings is 1. The van der Waals surface area contributed by atoms with Crippen molar-refractivity contribution in [3.05, 3.63) is 53.6 Å². The lowest BCUT2D eigenvalue weighted by molar-refractivity contribution is -0.126. The highest BCUT2D eigenvalue weighted by Gasteiger charge is 2.30. The van der Waals surface area contributed by atoms with E-state index in [4.69, 9.17) is 9.47 Å². The van der Waals surface area contributed by atoms with Crippen LogP contribution in [0, 0.1) is 0 Å². The predicted molar refractivity (Wildman–Crippen MR) is 106 cm³/mol. The van der Waals surface area contributed by atoms with Crippen molar-refractivity contribution in [2.24, 2.45) is 4.99 Å². The Kier molecular flexibility index (Phi) is 5.00. The molecule has 0 spiro atoms. The maximum atomic E-state index is 12.7. The van der Waals surface area contributed by atoms with E-state index in [1.807, 2.05) is 53.8 Å². The van der Waals surface area contributed by atoms with Crippen LogP contribution in [0.15, 0.2) is 41.8 Å². The number of allylic oxidation sites excluding steroid dienone is 1. The third-order valence-corrected chi connectivity index (χ3v) is 4.78. The van der Waals surface area contributed by atoms with Crippen molar-refractivity contribution in [3.8, 4) is 5.75 Å². The molecule has 2 aliphatic rings. The third kappa shape index (κ3) is 3.45. The number of aromatic nitrogens is 2. The van der Waals surface area contributed by atoms with Crippen LogP contribution in [0.5, 0.6) is 5.75 Å². The highest BCUT2D eigenvalue weighted by molar-refractivity contribution is 6.06. The number of imidazole rings is 1. The molecule has 0 fully saturated rings. The Bertz CT molecular complexity index is 958. The topological polar surface area (TPSA) is 69.0 Å². The molecule has 2 aromatic rings. The van der Waals surface area contributed by atoms with Crippen LogP contribution in [-0.2, 0) is 22.6 Å². The summed E-state index contributed by atoms with van der Waals surface area (Å²) in [4.78, 5) is 23.4. The maximum Gasteiger partial charge on any atom is 0.248 e. The van der Waals surface area contributed by atoms with Crippen molar-refractivity contribution in [2.45, 2.75) is 33.0 Å². The zero-order chi connectivity index (χ0) is 19.7. The fourth-order valence-corrected chi connectivity index (χ4v) is 3.60. The second kappa shape index (κ2) is 7.59. The Morgan fingerprint density at radius 3 is 2.93 bits per heavy atom. The molecule has 0 unspecified atom stereocenters. The first-order valence-electron chi connectivity index (χ1n) is 9.44. The fourth-order valence-electron chi connectivity index (χ4n) is 3.60. The monoisotopic (exact) mass is 380 g/mol. The van der Waals surface area contributed by atoms with E-state index in [1.165, 1.54) is 0 Å². The van der Waals surface area contributed by atoms with Crippen LogP contribution >= 0.6 is 0 Å². The molecule has 0 saturated carbocycles. The Labute approximate surface area is 164 Å². The standard InChI is InChI=1S/C21H24N4O3/c1-14(2)28-19-6-4-5-16-17(19)7-8-25-18(16)9-20(22-10-21(25)26)24-11-15(12-27-3)23-13-24/h4-6,9,11,13-14H,7-8,10,12H2,1-3H3. The molecule has 0 atom stereocenters. The van der Waals surface area contributed by atoms with Gasteiger partial charge in [-0.25, -0.2) is 4.98 Å². The summed E-state index contributed by atoms with van der Waals surface area (Å²) in [5.74, 6) is 1.57. The third-order valence-electron chi connectivity index (χ3n) is 4.78. The zero-order valence-corrected chi connectivity index (χ0v) is 16.4. The number of hydrogen-bond donors (Lipinski definition) is 0. The summed E-state index contributed by atoms with van der Waals surface area (Å²) in [7, 11) is 1.64. The molecule has 28 heavy (non-hydrogen) atoms. The fraction of sp³-hybridized carbons (Fsp3) is 0.381. The lowest BCUT2D eigenvalue weighted by atomic mass is 9.95. The maximum absolute atomic E-state index is 12.7. The lowest BCUT2D eigenvalue weighted by Gasteiger charge is -2.32. The molecule has 0 aliphatic carbocycles. The molecule has 1 amide bonds. The molecule has 1 aromatic carbocycles. The van der Waals surface area contributed by atoms with E-state index >= 15 is 0 Å². The quantitative estimate of drug-likeness (QED) is 0.817. The zero-order valence-electron chi connectivity index (χ0n) is 16.4. The largest absolute Gasteiger partial charge is 0.491 e. The van der Waals surface area contributed by atoms with Gasteiger partial charge in [-0.3, -0.25) is 14.4 Å². The van der Waals surface area contributed by atoms with Crippen LogP contribution in [0.3, 0.4) is 0 Å². The van der Waals surface area contributed by atoms with Gasteiger partial charge in [-0.15, -0.1) is 0 Å². The highest BCUT2D eigenvalue weighted by Crippen LogP contribution is 2.35. The van der Waals surface area contributed by atoms with Crippen LogP contribution < -0.4 is 4.74 Å². The van der Waals surface area contributed by atoms with Crippen LogP contribution in [-0.4, -0.2) is 52.5 Å². The van der Waals surface area contributed by atoms with E-state index in [-0.39, 0.29) is 18.6 Å². The molecule has 0 saturated heterocycles. The average molecular weight is 380 g/mol. The predicted octanol–water partition coefficient (Wildman–Crippen LogP) is 2.50. The van der Waals surface area contributed by atoms with Gasteiger partial charge < -0.3 is 14.4 Å². The van der Waals surface area contributed by atoms with Crippen LogP contribution in [0.4, 0.5) is 0 Å². The first kappa shape index (κ1) is 18.4. The number of amides is 1. The molecule has 1 aromatic heterocycles. The van der Waals surface area contributed by atoms with E-state index in [1.54, 1.807) is 13.4 Å². The van der Waals surface area contributed by atoms with Crippen LogP contribution in [0.25, 0.3) is 5.70 Å². The number of hydrogen-bond acceptors (Lipinski definition) is 5. The Balaban J connectivity index is 1.77. The number of ether oxygens (including phenoxy) is 2. The number of fused-ring (bicyclic) bond motifs is 3. The first-order chi connectivity index (χ1) is 13.6. The second-order valence-corrected chi connectivity index (χ2v) is 7.15. The molecular formula is C21H24N4O3. The van der Waals surface area contributed by atoms with Crippen molar-refractivity contribution in [1.82, 2.24) is 14.5 Å². The summed E-state index contributed by atoms with van der Waals surface area (Å²) in [5.41, 5.74) is 3.83. The number of carbonyl (C=O) groups is 1. The summed E-state index contributed by atoms with van der Waals surface area (Å²) in [5, 5.41) is 0. The van der Waals surface area contributed by atoms with Crippen molar-refractivity contribution in [3.63, 3.8) is 0 Å². The van der Waals surface area contributed by atoms with E-state index in [0.717, 1.165) is 34.7 Å². The van der Waals surface area contributed by atoms with Gasteiger partial charge in [-0.1, -0.05) is 12.1 Å². The Morgan fingerprint density at radius 1 is 1.29 bits per heavy atom. The molecule has 7 nitrogen and oxygen atoms in total. The smallest absolute Gasteiger partial charge is 0.248 e. The lowest BCUT2D eigenvalue weighted by Crippen LogP contribution is -2.36. The number of rotatable bonds is 4. The SMILES string of the molecule is COCc1cn(C2=NCC(=O)N3CCc4c(OC(C)C)cccc4C3=C2)cn1. The van der Waals surface area contributed by atoms with Gasteiger partial charge in [-0.05, 0) is 26.3 Å². The molecule has 4 rings (SSSR count). The summed E-state index contributed by atoms with van der Waals surface area (Å²) in [6.07, 6.45) is 6.39. The molecule has 0 N–H and O–H groups in total. The molecule has 0 bridgehead atoms. The molecule has 2 aliphatic heterocycles. The second-order valence-electron chi connectivity index (χ2n) is 7.15. The van der Waals surface area contributed by atoms with E-state index in [2.05, 4.69) is 9.98 Å². The van der Waals surface area contributed by atoms with Crippen LogP contribution in [0.2, 0.25) is 0 Å². The van der Waals surface area contributed by atoms with Crippen molar-refractivity contribution in [1.29, 1.82) is 0 Å². The number of methoxy groups -OCH3 is 1. The molecule has 7 heteroatoms. The van der Waals surface area contributed by atoms with Crippen molar-refractivity contribution in [2.75, 3.05) is 20.2 Å². The number of carbonyl (C=O) groups excluding carboxylic acids is 1. The van der Waals surface area contributed by atoms with Crippen LogP contribution in [0.1, 0.15) is 30.7 Å². The van der Waals surface area contributed by atoms with Crippen molar-refractivity contribution >= 4 is 17.4 Å². The molecule has 3 heterocycles. The van der Waals surface area contributed by atoms with Crippen molar-refractivity contribution < 1.29 is 14.3 Å². The highest BCUT2D eigenvalue weighted by atomic mass is 16.5. The van der Waals surface area contributed by atoms with Gasteiger partial charge in [0.2, 0.25) is 5.91 Å². The summed E-state index contributed by atoms with van der Waals surface area (Å²) < 4.78 is 13.0. The number of nitrogens with zero attached hydrogens (tertiary/aromatic N) is 4. The van der Waals surface area contributed by atoms with Gasteiger partial charge in [0.25, 0.3) is 0 Å². The minimum atomic E-state index is -0.000638. The van der Waals surface area contributed by atoms with E-state index in [9.17, 15) is 4.79 Å². The minimum absolute atomic E-state index is 0.000638. The Morgan fingerprint density at radius 2 is 2.14 bits per heavy atom. The molecule has 146 valence electrons. The van der Waals surface area contributed by atoms with Gasteiger partial charge in [0, 0.05) is 37.1 Å². The molecular weight excluding hydrogens is 356 g/mol. The minimum Gasteiger partial charge on any atom is -0.491 e. The van der Waals surface area contributed by atoms with Gasteiger partial charge in [0.15, 0.2) is 0 Å². The van der Waals surface area contributed by atoms with Gasteiger partial charge in [0.05, 0.1) is 24.1 Å². The van der Waals surface area contributed by atoms with E-state index in [0.29, 0.717) is 19.0 Å². The normalized spacial score (nSPS) is 16.3. The van der Waals surface area contributed by atoms with Gasteiger partial charge in [-0.2, -0.15) is 0 Å². The summed E-state index contributed by atoms with van der Waals surface area (Å²) >= 11 is 0. The molecule has 0 radical (unpaired) electrons. The number of aliphatic imine (C=N–C) groups is 1. The van der Waals surface area contributed by atoms with E-state index < -0.39 is 0 Å². The Hall–Kier alpha value is -2.93. The van der Waals surface area contributed by atoms with Gasteiger partial charge >= 0.3 is 0 Å². The first-order valence-corrected chi connectivity index (χ1v) is 9.44. The summed E-state index contributed by atoms with van der Waals surface area (Å²) in [6, 6.07) is 6.01. The van der Waals surface area contributed by atoms with Gasteiger partial charge in [0.1, 0.15) is 24.5 Å². The average Bonchev–Trinajstić information content (AvgIpc) is 3.06.